The van der Waals surface area contributed by atoms with E-state index < -0.39 is 0 Å². The summed E-state index contributed by atoms with van der Waals surface area (Å²) in [6.45, 7) is 5.58. The van der Waals surface area contributed by atoms with E-state index in [0.29, 0.717) is 42.2 Å². The van der Waals surface area contributed by atoms with Gasteiger partial charge in [-0.3, -0.25) is 9.59 Å². The van der Waals surface area contributed by atoms with Gasteiger partial charge in [0.05, 0.1) is 14.2 Å². The van der Waals surface area contributed by atoms with Gasteiger partial charge in [0.15, 0.2) is 11.5 Å². The molecule has 0 aliphatic rings. The van der Waals surface area contributed by atoms with Crippen LogP contribution in [0.5, 0.6) is 17.2 Å². The molecule has 0 fully saturated rings. The summed E-state index contributed by atoms with van der Waals surface area (Å²) in [6, 6.07) is 1.88. The summed E-state index contributed by atoms with van der Waals surface area (Å²) >= 11 is 0. The van der Waals surface area contributed by atoms with Crippen molar-refractivity contribution in [1.82, 2.24) is 5.32 Å². The van der Waals surface area contributed by atoms with Gasteiger partial charge in [-0.1, -0.05) is 13.8 Å². The van der Waals surface area contributed by atoms with Gasteiger partial charge in [0.25, 0.3) is 0 Å². The van der Waals surface area contributed by atoms with Gasteiger partial charge in [-0.2, -0.15) is 0 Å². The van der Waals surface area contributed by atoms with Gasteiger partial charge < -0.3 is 19.5 Å². The van der Waals surface area contributed by atoms with Crippen LogP contribution in [-0.4, -0.2) is 32.6 Å². The number of hydrogen-bond donors (Lipinski definition) is 1. The van der Waals surface area contributed by atoms with Gasteiger partial charge in [0.2, 0.25) is 5.91 Å². The van der Waals surface area contributed by atoms with Crippen LogP contribution in [0.15, 0.2) is 6.07 Å². The monoisotopic (exact) mass is 323 g/mol. The molecule has 0 spiro atoms. The third-order valence-electron chi connectivity index (χ3n) is 3.43. The highest BCUT2D eigenvalue weighted by molar-refractivity contribution is 5.75. The molecule has 23 heavy (non-hydrogen) atoms. The van der Waals surface area contributed by atoms with Crippen molar-refractivity contribution in [3.05, 3.63) is 17.2 Å². The number of ether oxygens (including phenoxy) is 3. The normalized spacial score (nSPS) is 10.1. The minimum atomic E-state index is -0.348. The first-order chi connectivity index (χ1) is 11.0. The van der Waals surface area contributed by atoms with E-state index in [1.54, 1.807) is 21.1 Å². The Kier molecular flexibility index (Phi) is 7.38. The molecule has 1 amide bonds. The smallest absolute Gasteiger partial charge is 0.311 e. The van der Waals surface area contributed by atoms with Crippen LogP contribution in [0.25, 0.3) is 0 Å². The summed E-state index contributed by atoms with van der Waals surface area (Å²) in [5.41, 5.74) is 1.60. The fraction of sp³-hybridized carbons (Fsp3) is 0.529. The van der Waals surface area contributed by atoms with Crippen molar-refractivity contribution < 1.29 is 23.8 Å². The Bertz CT molecular complexity index is 569. The van der Waals surface area contributed by atoms with Crippen molar-refractivity contribution in [2.45, 2.75) is 40.0 Å². The molecule has 0 radical (unpaired) electrons. The topological polar surface area (TPSA) is 73.9 Å². The molecular weight excluding hydrogens is 298 g/mol. The minimum Gasteiger partial charge on any atom is -0.496 e. The third kappa shape index (κ3) is 4.87. The zero-order chi connectivity index (χ0) is 17.4. The number of benzene rings is 1. The molecule has 1 rings (SSSR count). The van der Waals surface area contributed by atoms with Crippen molar-refractivity contribution in [1.29, 1.82) is 0 Å². The van der Waals surface area contributed by atoms with Crippen LogP contribution in [-0.2, 0) is 22.4 Å². The molecule has 0 bridgehead atoms. The molecule has 128 valence electrons. The zero-order valence-corrected chi connectivity index (χ0v) is 14.4. The molecule has 0 aromatic heterocycles. The van der Waals surface area contributed by atoms with E-state index in [1.807, 2.05) is 13.0 Å². The fourth-order valence-corrected chi connectivity index (χ4v) is 2.27. The van der Waals surface area contributed by atoms with Gasteiger partial charge in [-0.15, -0.1) is 0 Å². The number of carbonyl (C=O) groups excluding carboxylic acids is 2. The number of methoxy groups -OCH3 is 2. The van der Waals surface area contributed by atoms with E-state index in [0.717, 1.165) is 5.56 Å². The lowest BCUT2D eigenvalue weighted by molar-refractivity contribution is -0.134. The molecule has 0 aliphatic carbocycles. The second-order valence-corrected chi connectivity index (χ2v) is 4.99. The Morgan fingerprint density at radius 2 is 1.83 bits per heavy atom. The summed E-state index contributed by atoms with van der Waals surface area (Å²) in [7, 11) is 3.11. The molecule has 6 nitrogen and oxygen atoms in total. The maximum atomic E-state index is 11.8. The fourth-order valence-electron chi connectivity index (χ4n) is 2.27. The maximum Gasteiger partial charge on any atom is 0.311 e. The molecule has 0 aliphatic heterocycles. The number of amides is 1. The molecule has 0 heterocycles. The number of nitrogens with one attached hydrogen (secondary N) is 1. The first kappa shape index (κ1) is 18.8. The number of hydrogen-bond acceptors (Lipinski definition) is 5. The van der Waals surface area contributed by atoms with Crippen LogP contribution in [0.1, 0.15) is 38.3 Å². The van der Waals surface area contributed by atoms with E-state index in [1.165, 1.54) is 6.92 Å². The maximum absolute atomic E-state index is 11.8. The van der Waals surface area contributed by atoms with Crippen molar-refractivity contribution in [2.75, 3.05) is 20.8 Å². The molecule has 1 aromatic carbocycles. The molecule has 0 unspecified atom stereocenters. The summed E-state index contributed by atoms with van der Waals surface area (Å²) in [4.78, 5) is 22.9. The van der Waals surface area contributed by atoms with Gasteiger partial charge >= 0.3 is 5.97 Å². The lowest BCUT2D eigenvalue weighted by Crippen LogP contribution is -2.23. The van der Waals surface area contributed by atoms with Crippen molar-refractivity contribution in [3.63, 3.8) is 0 Å². The summed E-state index contributed by atoms with van der Waals surface area (Å²) in [5, 5.41) is 2.73. The molecule has 0 saturated heterocycles. The lowest BCUT2D eigenvalue weighted by Gasteiger charge is -2.19. The number of esters is 1. The SMILES string of the molecule is CCC(=O)Oc1c(CCNC(C)=O)c(OC)cc(CC)c1OC. The van der Waals surface area contributed by atoms with E-state index in [9.17, 15) is 9.59 Å². The first-order valence-corrected chi connectivity index (χ1v) is 7.70. The van der Waals surface area contributed by atoms with Crippen molar-refractivity contribution >= 4 is 11.9 Å². The number of aryl methyl sites for hydroxylation is 1. The van der Waals surface area contributed by atoms with Gasteiger partial charge in [0.1, 0.15) is 5.75 Å². The highest BCUT2D eigenvalue weighted by Gasteiger charge is 2.22. The predicted molar refractivity (Wildman–Crippen MR) is 87.2 cm³/mol. The Morgan fingerprint density at radius 1 is 1.13 bits per heavy atom. The van der Waals surface area contributed by atoms with Gasteiger partial charge in [-0.25, -0.2) is 0 Å². The highest BCUT2D eigenvalue weighted by Crippen LogP contribution is 2.41. The standard InChI is InChI=1S/C17H25NO5/c1-6-12-10-14(21-4)13(8-9-18-11(3)19)17(16(12)22-5)23-15(20)7-2/h10H,6-9H2,1-5H3,(H,18,19). The second-order valence-electron chi connectivity index (χ2n) is 4.99. The quantitative estimate of drug-likeness (QED) is 0.587. The second kappa shape index (κ2) is 9.02. The van der Waals surface area contributed by atoms with Crippen molar-refractivity contribution in [3.8, 4) is 17.2 Å². The summed E-state index contributed by atoms with van der Waals surface area (Å²) in [5.74, 6) is 1.06. The Balaban J connectivity index is 3.35. The average molecular weight is 323 g/mol. The molecule has 1 N–H and O–H groups in total. The number of rotatable bonds is 8. The summed E-state index contributed by atoms with van der Waals surface area (Å²) in [6.07, 6.45) is 1.44. The van der Waals surface area contributed by atoms with Crippen LogP contribution in [0.4, 0.5) is 0 Å². The molecule has 0 saturated carbocycles. The van der Waals surface area contributed by atoms with Crippen LogP contribution in [0.3, 0.4) is 0 Å². The molecule has 1 aromatic rings. The highest BCUT2D eigenvalue weighted by atomic mass is 16.6. The predicted octanol–water partition coefficient (Wildman–Crippen LogP) is 2.26. The molecular formula is C17H25NO5. The minimum absolute atomic E-state index is 0.117. The van der Waals surface area contributed by atoms with Gasteiger partial charge in [0, 0.05) is 31.0 Å². The zero-order valence-electron chi connectivity index (χ0n) is 14.4. The Labute approximate surface area is 137 Å². The van der Waals surface area contributed by atoms with Crippen LogP contribution < -0.4 is 19.5 Å². The molecule has 6 heteroatoms. The first-order valence-electron chi connectivity index (χ1n) is 7.70. The Morgan fingerprint density at radius 3 is 2.30 bits per heavy atom. The van der Waals surface area contributed by atoms with E-state index in [2.05, 4.69) is 5.32 Å². The van der Waals surface area contributed by atoms with E-state index in [-0.39, 0.29) is 18.3 Å². The lowest BCUT2D eigenvalue weighted by atomic mass is 10.0. The van der Waals surface area contributed by atoms with E-state index >= 15 is 0 Å². The Hall–Kier alpha value is -2.24. The number of carbonyl (C=O) groups is 2. The van der Waals surface area contributed by atoms with Gasteiger partial charge in [-0.05, 0) is 18.9 Å². The average Bonchev–Trinajstić information content (AvgIpc) is 2.54. The van der Waals surface area contributed by atoms with E-state index in [4.69, 9.17) is 14.2 Å². The largest absolute Gasteiger partial charge is 0.496 e. The third-order valence-corrected chi connectivity index (χ3v) is 3.43. The van der Waals surface area contributed by atoms with Crippen molar-refractivity contribution in [2.24, 2.45) is 0 Å². The van der Waals surface area contributed by atoms with Crippen LogP contribution in [0.2, 0.25) is 0 Å². The summed E-state index contributed by atoms with van der Waals surface area (Å²) < 4.78 is 16.4. The van der Waals surface area contributed by atoms with Crippen LogP contribution in [0, 0.1) is 0 Å². The van der Waals surface area contributed by atoms with Crippen LogP contribution >= 0.6 is 0 Å². The molecule has 0 atom stereocenters.